The number of amides is 1. The van der Waals surface area contributed by atoms with Crippen LogP contribution in [0.5, 0.6) is 0 Å². The van der Waals surface area contributed by atoms with E-state index in [1.54, 1.807) is 6.07 Å². The van der Waals surface area contributed by atoms with Crippen LogP contribution in [0.1, 0.15) is 19.3 Å². The van der Waals surface area contributed by atoms with Crippen molar-refractivity contribution in [1.29, 1.82) is 0 Å². The Labute approximate surface area is 135 Å². The van der Waals surface area contributed by atoms with Crippen LogP contribution in [-0.4, -0.2) is 48.5 Å². The maximum atomic E-state index is 13.8. The van der Waals surface area contributed by atoms with Gasteiger partial charge in [0.2, 0.25) is 5.91 Å². The molecule has 1 aromatic carbocycles. The van der Waals surface area contributed by atoms with Crippen LogP contribution in [0.2, 0.25) is 0 Å². The standard InChI is InChI=1S/C17H23FN2OS/c18-15-3-1-2-4-16(15)19-7-9-20(10-8-19)17(21)13-14-5-11-22-12-6-14/h1-4,14H,5-13H2. The lowest BCUT2D eigenvalue weighted by Crippen LogP contribution is -2.49. The summed E-state index contributed by atoms with van der Waals surface area (Å²) in [6.07, 6.45) is 3.04. The van der Waals surface area contributed by atoms with E-state index in [2.05, 4.69) is 0 Å². The van der Waals surface area contributed by atoms with Crippen molar-refractivity contribution in [2.24, 2.45) is 5.92 Å². The van der Waals surface area contributed by atoms with Gasteiger partial charge in [-0.2, -0.15) is 11.8 Å². The Balaban J connectivity index is 1.51. The summed E-state index contributed by atoms with van der Waals surface area (Å²) in [4.78, 5) is 16.4. The van der Waals surface area contributed by atoms with Crippen LogP contribution >= 0.6 is 11.8 Å². The Bertz CT molecular complexity index is 511. The van der Waals surface area contributed by atoms with Gasteiger partial charge in [-0.25, -0.2) is 4.39 Å². The highest BCUT2D eigenvalue weighted by atomic mass is 32.2. The van der Waals surface area contributed by atoms with E-state index in [-0.39, 0.29) is 11.7 Å². The maximum Gasteiger partial charge on any atom is 0.222 e. The fraction of sp³-hybridized carbons (Fsp3) is 0.588. The molecule has 1 amide bonds. The first-order valence-electron chi connectivity index (χ1n) is 8.09. The number of piperazine rings is 1. The first-order chi connectivity index (χ1) is 10.7. The summed E-state index contributed by atoms with van der Waals surface area (Å²) in [6, 6.07) is 6.87. The number of hydrogen-bond donors (Lipinski definition) is 0. The molecule has 120 valence electrons. The number of para-hydroxylation sites is 1. The summed E-state index contributed by atoms with van der Waals surface area (Å²) in [5, 5.41) is 0. The van der Waals surface area contributed by atoms with E-state index in [1.165, 1.54) is 30.4 Å². The quantitative estimate of drug-likeness (QED) is 0.855. The molecular formula is C17H23FN2OS. The molecule has 2 aliphatic heterocycles. The van der Waals surface area contributed by atoms with Crippen LogP contribution in [0.15, 0.2) is 24.3 Å². The Kier molecular flexibility index (Phi) is 5.24. The largest absolute Gasteiger partial charge is 0.366 e. The van der Waals surface area contributed by atoms with E-state index in [4.69, 9.17) is 0 Å². The third-order valence-corrected chi connectivity index (χ3v) is 5.68. The van der Waals surface area contributed by atoms with E-state index in [0.29, 0.717) is 44.2 Å². The van der Waals surface area contributed by atoms with Crippen LogP contribution in [0.4, 0.5) is 10.1 Å². The third kappa shape index (κ3) is 3.75. The van der Waals surface area contributed by atoms with Crippen molar-refractivity contribution in [1.82, 2.24) is 4.90 Å². The molecule has 0 atom stereocenters. The van der Waals surface area contributed by atoms with Gasteiger partial charge >= 0.3 is 0 Å². The molecular weight excluding hydrogens is 299 g/mol. The molecule has 2 aliphatic rings. The molecule has 2 heterocycles. The van der Waals surface area contributed by atoms with E-state index in [0.717, 1.165) is 0 Å². The number of hydrogen-bond acceptors (Lipinski definition) is 3. The minimum absolute atomic E-state index is 0.179. The van der Waals surface area contributed by atoms with E-state index in [9.17, 15) is 9.18 Å². The SMILES string of the molecule is O=C(CC1CCSCC1)N1CCN(c2ccccc2F)CC1. The van der Waals surface area contributed by atoms with Gasteiger partial charge < -0.3 is 9.80 Å². The minimum Gasteiger partial charge on any atom is -0.366 e. The minimum atomic E-state index is -0.179. The summed E-state index contributed by atoms with van der Waals surface area (Å²) in [6.45, 7) is 2.84. The van der Waals surface area contributed by atoms with Gasteiger partial charge in [-0.3, -0.25) is 4.79 Å². The predicted octanol–water partition coefficient (Wildman–Crippen LogP) is 3.01. The Hall–Kier alpha value is -1.23. The van der Waals surface area contributed by atoms with Crippen LogP contribution in [0.3, 0.4) is 0 Å². The summed E-state index contributed by atoms with van der Waals surface area (Å²) in [5.41, 5.74) is 0.652. The van der Waals surface area contributed by atoms with Gasteiger partial charge in [0.15, 0.2) is 0 Å². The monoisotopic (exact) mass is 322 g/mol. The lowest BCUT2D eigenvalue weighted by Gasteiger charge is -2.37. The van der Waals surface area contributed by atoms with Gasteiger partial charge in [0.25, 0.3) is 0 Å². The van der Waals surface area contributed by atoms with Gasteiger partial charge in [-0.05, 0) is 42.4 Å². The lowest BCUT2D eigenvalue weighted by molar-refractivity contribution is -0.132. The summed E-state index contributed by atoms with van der Waals surface area (Å²) in [7, 11) is 0. The van der Waals surface area contributed by atoms with Crippen molar-refractivity contribution in [2.45, 2.75) is 19.3 Å². The van der Waals surface area contributed by atoms with Crippen molar-refractivity contribution in [3.63, 3.8) is 0 Å². The molecule has 0 unspecified atom stereocenters. The van der Waals surface area contributed by atoms with Crippen molar-refractivity contribution in [2.75, 3.05) is 42.6 Å². The van der Waals surface area contributed by atoms with Crippen LogP contribution < -0.4 is 4.90 Å². The van der Waals surface area contributed by atoms with E-state index in [1.807, 2.05) is 33.7 Å². The first-order valence-corrected chi connectivity index (χ1v) is 9.24. The second-order valence-electron chi connectivity index (χ2n) is 6.08. The molecule has 22 heavy (non-hydrogen) atoms. The normalized spacial score (nSPS) is 20.2. The average Bonchev–Trinajstić information content (AvgIpc) is 2.56. The van der Waals surface area contributed by atoms with Crippen LogP contribution in [0.25, 0.3) is 0 Å². The van der Waals surface area contributed by atoms with Crippen molar-refractivity contribution in [3.8, 4) is 0 Å². The van der Waals surface area contributed by atoms with Crippen LogP contribution in [-0.2, 0) is 4.79 Å². The Morgan fingerprint density at radius 1 is 1.14 bits per heavy atom. The van der Waals surface area contributed by atoms with Crippen molar-refractivity contribution in [3.05, 3.63) is 30.1 Å². The predicted molar refractivity (Wildman–Crippen MR) is 89.9 cm³/mol. The first kappa shape index (κ1) is 15.7. The summed E-state index contributed by atoms with van der Waals surface area (Å²) in [5.74, 6) is 3.06. The zero-order valence-electron chi connectivity index (χ0n) is 12.8. The average molecular weight is 322 g/mol. The molecule has 0 aromatic heterocycles. The number of carbonyl (C=O) groups is 1. The van der Waals surface area contributed by atoms with Gasteiger partial charge in [0.05, 0.1) is 5.69 Å². The van der Waals surface area contributed by atoms with Crippen molar-refractivity contribution < 1.29 is 9.18 Å². The molecule has 0 N–H and O–H groups in total. The van der Waals surface area contributed by atoms with Gasteiger partial charge in [0.1, 0.15) is 5.82 Å². The second kappa shape index (κ2) is 7.36. The molecule has 0 aliphatic carbocycles. The maximum absolute atomic E-state index is 13.8. The number of carbonyl (C=O) groups excluding carboxylic acids is 1. The highest BCUT2D eigenvalue weighted by Crippen LogP contribution is 2.26. The smallest absolute Gasteiger partial charge is 0.222 e. The zero-order valence-corrected chi connectivity index (χ0v) is 13.7. The number of thioether (sulfide) groups is 1. The number of benzene rings is 1. The molecule has 0 bridgehead atoms. The molecule has 2 fully saturated rings. The zero-order chi connectivity index (χ0) is 15.4. The number of rotatable bonds is 3. The van der Waals surface area contributed by atoms with Crippen LogP contribution in [0, 0.1) is 11.7 Å². The Morgan fingerprint density at radius 2 is 1.82 bits per heavy atom. The van der Waals surface area contributed by atoms with E-state index >= 15 is 0 Å². The fourth-order valence-corrected chi connectivity index (χ4v) is 4.44. The Morgan fingerprint density at radius 3 is 2.50 bits per heavy atom. The topological polar surface area (TPSA) is 23.6 Å². The van der Waals surface area contributed by atoms with Gasteiger partial charge in [-0.15, -0.1) is 0 Å². The summed E-state index contributed by atoms with van der Waals surface area (Å²) >= 11 is 1.99. The third-order valence-electron chi connectivity index (χ3n) is 4.63. The molecule has 2 saturated heterocycles. The fourth-order valence-electron chi connectivity index (χ4n) is 3.23. The van der Waals surface area contributed by atoms with Crippen molar-refractivity contribution >= 4 is 23.4 Å². The molecule has 0 saturated carbocycles. The van der Waals surface area contributed by atoms with Gasteiger partial charge in [-0.1, -0.05) is 12.1 Å². The molecule has 0 spiro atoms. The highest BCUT2D eigenvalue weighted by molar-refractivity contribution is 7.99. The molecule has 3 rings (SSSR count). The number of halogens is 1. The molecule has 5 heteroatoms. The molecule has 0 radical (unpaired) electrons. The number of anilines is 1. The lowest BCUT2D eigenvalue weighted by atomic mass is 9.98. The van der Waals surface area contributed by atoms with E-state index < -0.39 is 0 Å². The molecule has 3 nitrogen and oxygen atoms in total. The highest BCUT2D eigenvalue weighted by Gasteiger charge is 2.25. The number of nitrogens with zero attached hydrogens (tertiary/aromatic N) is 2. The van der Waals surface area contributed by atoms with Gasteiger partial charge in [0, 0.05) is 32.6 Å². The second-order valence-corrected chi connectivity index (χ2v) is 7.30. The molecule has 1 aromatic rings. The summed E-state index contributed by atoms with van der Waals surface area (Å²) < 4.78 is 13.8.